The van der Waals surface area contributed by atoms with Gasteiger partial charge in [0.05, 0.1) is 22.8 Å². The van der Waals surface area contributed by atoms with Crippen molar-refractivity contribution in [3.8, 4) is 11.8 Å². The zero-order valence-corrected chi connectivity index (χ0v) is 13.7. The van der Waals surface area contributed by atoms with Crippen LogP contribution in [0.3, 0.4) is 0 Å². The smallest absolute Gasteiger partial charge is 0.261 e. The molecule has 0 aliphatic rings. The number of hydrogen-bond donors (Lipinski definition) is 2. The topological polar surface area (TPSA) is 68.0 Å². The van der Waals surface area contributed by atoms with Crippen LogP contribution in [0.25, 0.3) is 0 Å². The maximum Gasteiger partial charge on any atom is 0.261 e. The third-order valence-electron chi connectivity index (χ3n) is 2.80. The summed E-state index contributed by atoms with van der Waals surface area (Å²) in [5.41, 5.74) is 6.37. The van der Waals surface area contributed by atoms with Crippen molar-refractivity contribution in [2.75, 3.05) is 6.54 Å². The predicted octanol–water partition coefficient (Wildman–Crippen LogP) is 2.32. The van der Waals surface area contributed by atoms with E-state index in [0.29, 0.717) is 18.0 Å². The Morgan fingerprint density at radius 1 is 1.48 bits per heavy atom. The van der Waals surface area contributed by atoms with Crippen LogP contribution in [0.15, 0.2) is 12.3 Å². The van der Waals surface area contributed by atoms with Crippen molar-refractivity contribution in [1.29, 1.82) is 0 Å². The molecule has 2 rings (SSSR count). The molecule has 0 aliphatic carbocycles. The largest absolute Gasteiger partial charge is 0.345 e. The molecule has 6 heteroatoms. The first-order chi connectivity index (χ1) is 10.1. The molecule has 2 heterocycles. The second kappa shape index (κ2) is 7.36. The molecule has 0 aromatic carbocycles. The number of aromatic nitrogens is 1. The van der Waals surface area contributed by atoms with Gasteiger partial charge in [-0.1, -0.05) is 18.8 Å². The highest BCUT2D eigenvalue weighted by molar-refractivity contribution is 7.14. The van der Waals surface area contributed by atoms with E-state index in [-0.39, 0.29) is 5.91 Å². The lowest BCUT2D eigenvalue weighted by molar-refractivity contribution is 0.0955. The molecule has 0 spiro atoms. The minimum Gasteiger partial charge on any atom is -0.345 e. The molecule has 0 saturated heterocycles. The Balaban J connectivity index is 2.00. The number of nitrogens with zero attached hydrogens (tertiary/aromatic N) is 1. The van der Waals surface area contributed by atoms with E-state index in [0.717, 1.165) is 21.9 Å². The fraction of sp³-hybridized carbons (Fsp3) is 0.333. The van der Waals surface area contributed by atoms with Crippen LogP contribution in [-0.4, -0.2) is 17.4 Å². The Hall–Kier alpha value is -1.68. The lowest BCUT2D eigenvalue weighted by atomic mass is 10.2. The number of thiophene rings is 1. The van der Waals surface area contributed by atoms with Crippen LogP contribution in [0.2, 0.25) is 0 Å². The van der Waals surface area contributed by atoms with E-state index < -0.39 is 0 Å². The standard InChI is InChI=1S/C15H17N3OS2/c1-3-11-8-17-14(20-11)9-18-15(19)13-7-10(2)12(21-13)5-4-6-16/h7-8H,3,6,9,16H2,1-2H3,(H,18,19). The first kappa shape index (κ1) is 15.7. The SMILES string of the molecule is CCc1cnc(CNC(=O)c2cc(C)c(C#CCN)s2)s1. The second-order valence-corrected chi connectivity index (χ2v) is 6.64. The van der Waals surface area contributed by atoms with Gasteiger partial charge < -0.3 is 11.1 Å². The van der Waals surface area contributed by atoms with Crippen molar-refractivity contribution in [3.05, 3.63) is 37.5 Å². The Labute approximate surface area is 132 Å². The number of nitrogens with two attached hydrogens (primary N) is 1. The van der Waals surface area contributed by atoms with E-state index in [2.05, 4.69) is 29.1 Å². The fourth-order valence-corrected chi connectivity index (χ4v) is 3.45. The average Bonchev–Trinajstić information content (AvgIpc) is 3.09. The lowest BCUT2D eigenvalue weighted by Crippen LogP contribution is -2.21. The first-order valence-electron chi connectivity index (χ1n) is 6.65. The molecule has 0 unspecified atom stereocenters. The average molecular weight is 319 g/mol. The molecule has 110 valence electrons. The number of amides is 1. The number of hydrogen-bond acceptors (Lipinski definition) is 5. The van der Waals surface area contributed by atoms with E-state index in [1.54, 1.807) is 11.3 Å². The van der Waals surface area contributed by atoms with Crippen molar-refractivity contribution in [2.45, 2.75) is 26.8 Å². The molecule has 0 saturated carbocycles. The summed E-state index contributed by atoms with van der Waals surface area (Å²) in [6, 6.07) is 1.86. The van der Waals surface area contributed by atoms with Gasteiger partial charge in [0.15, 0.2) is 0 Å². The fourth-order valence-electron chi connectivity index (χ4n) is 1.69. The minimum atomic E-state index is -0.0860. The summed E-state index contributed by atoms with van der Waals surface area (Å²) in [6.07, 6.45) is 2.83. The number of aryl methyl sites for hydroxylation is 2. The van der Waals surface area contributed by atoms with Crippen LogP contribution in [-0.2, 0) is 13.0 Å². The Kier molecular flexibility index (Phi) is 5.51. The van der Waals surface area contributed by atoms with Gasteiger partial charge in [-0.3, -0.25) is 4.79 Å². The van der Waals surface area contributed by atoms with E-state index >= 15 is 0 Å². The molecule has 0 radical (unpaired) electrons. The van der Waals surface area contributed by atoms with Crippen LogP contribution >= 0.6 is 22.7 Å². The third kappa shape index (κ3) is 4.14. The maximum absolute atomic E-state index is 12.1. The summed E-state index contributed by atoms with van der Waals surface area (Å²) in [6.45, 7) is 4.82. The maximum atomic E-state index is 12.1. The molecule has 0 bridgehead atoms. The van der Waals surface area contributed by atoms with Crippen LogP contribution < -0.4 is 11.1 Å². The molecular weight excluding hydrogens is 302 g/mol. The van der Waals surface area contributed by atoms with Gasteiger partial charge in [-0.15, -0.1) is 22.7 Å². The number of carbonyl (C=O) groups excluding carboxylic acids is 1. The summed E-state index contributed by atoms with van der Waals surface area (Å²) in [5, 5.41) is 3.82. The van der Waals surface area contributed by atoms with Crippen molar-refractivity contribution in [3.63, 3.8) is 0 Å². The highest BCUT2D eigenvalue weighted by Crippen LogP contribution is 2.21. The Morgan fingerprint density at radius 2 is 2.29 bits per heavy atom. The van der Waals surface area contributed by atoms with E-state index in [4.69, 9.17) is 5.73 Å². The van der Waals surface area contributed by atoms with Crippen molar-refractivity contribution >= 4 is 28.6 Å². The second-order valence-electron chi connectivity index (χ2n) is 4.39. The van der Waals surface area contributed by atoms with E-state index in [1.807, 2.05) is 19.2 Å². The predicted molar refractivity (Wildman–Crippen MR) is 87.7 cm³/mol. The normalized spacial score (nSPS) is 10.0. The number of rotatable bonds is 4. The molecule has 2 aromatic heterocycles. The van der Waals surface area contributed by atoms with Gasteiger partial charge in [-0.2, -0.15) is 0 Å². The number of thiazole rings is 1. The van der Waals surface area contributed by atoms with Gasteiger partial charge in [0.2, 0.25) is 0 Å². The lowest BCUT2D eigenvalue weighted by Gasteiger charge is -1.99. The molecule has 3 N–H and O–H groups in total. The number of nitrogens with one attached hydrogen (secondary N) is 1. The highest BCUT2D eigenvalue weighted by atomic mass is 32.1. The summed E-state index contributed by atoms with van der Waals surface area (Å²) >= 11 is 3.03. The third-order valence-corrected chi connectivity index (χ3v) is 5.09. The van der Waals surface area contributed by atoms with Crippen molar-refractivity contribution in [1.82, 2.24) is 10.3 Å². The van der Waals surface area contributed by atoms with Crippen molar-refractivity contribution < 1.29 is 4.79 Å². The molecule has 0 fully saturated rings. The van der Waals surface area contributed by atoms with Crippen LogP contribution in [0.1, 0.15) is 36.9 Å². The number of carbonyl (C=O) groups is 1. The first-order valence-corrected chi connectivity index (χ1v) is 8.28. The zero-order chi connectivity index (χ0) is 15.2. The van der Waals surface area contributed by atoms with Crippen LogP contribution in [0.5, 0.6) is 0 Å². The van der Waals surface area contributed by atoms with Crippen LogP contribution in [0, 0.1) is 18.8 Å². The molecule has 0 aliphatic heterocycles. The van der Waals surface area contributed by atoms with E-state index in [1.165, 1.54) is 16.2 Å². The minimum absolute atomic E-state index is 0.0860. The van der Waals surface area contributed by atoms with Gasteiger partial charge in [-0.25, -0.2) is 4.98 Å². The summed E-state index contributed by atoms with van der Waals surface area (Å²) in [7, 11) is 0. The molecule has 4 nitrogen and oxygen atoms in total. The Bertz CT molecular complexity index is 691. The summed E-state index contributed by atoms with van der Waals surface area (Å²) in [5.74, 6) is 5.71. The van der Waals surface area contributed by atoms with Gasteiger partial charge in [0, 0.05) is 11.1 Å². The van der Waals surface area contributed by atoms with Gasteiger partial charge in [0.1, 0.15) is 5.01 Å². The highest BCUT2D eigenvalue weighted by Gasteiger charge is 2.12. The molecule has 21 heavy (non-hydrogen) atoms. The molecule has 0 atom stereocenters. The van der Waals surface area contributed by atoms with Gasteiger partial charge in [-0.05, 0) is 25.0 Å². The van der Waals surface area contributed by atoms with Gasteiger partial charge in [0.25, 0.3) is 5.91 Å². The zero-order valence-electron chi connectivity index (χ0n) is 12.0. The van der Waals surface area contributed by atoms with E-state index in [9.17, 15) is 4.79 Å². The molecular formula is C15H17N3OS2. The van der Waals surface area contributed by atoms with Crippen LogP contribution in [0.4, 0.5) is 0 Å². The quantitative estimate of drug-likeness (QED) is 0.850. The monoisotopic (exact) mass is 319 g/mol. The summed E-state index contributed by atoms with van der Waals surface area (Å²) < 4.78 is 0. The summed E-state index contributed by atoms with van der Waals surface area (Å²) in [4.78, 5) is 19.2. The molecule has 2 aromatic rings. The van der Waals surface area contributed by atoms with Gasteiger partial charge >= 0.3 is 0 Å². The Morgan fingerprint density at radius 3 is 2.95 bits per heavy atom. The molecule has 1 amide bonds. The van der Waals surface area contributed by atoms with Crippen molar-refractivity contribution in [2.24, 2.45) is 5.73 Å².